The van der Waals surface area contributed by atoms with Crippen molar-refractivity contribution >= 4 is 5.91 Å². The summed E-state index contributed by atoms with van der Waals surface area (Å²) in [6, 6.07) is -0.451. The number of hydrogen-bond donors (Lipinski definition) is 2. The molecule has 0 aromatic rings. The van der Waals surface area contributed by atoms with E-state index in [1.54, 1.807) is 0 Å². The van der Waals surface area contributed by atoms with E-state index in [1.807, 2.05) is 41.5 Å². The van der Waals surface area contributed by atoms with Crippen molar-refractivity contribution in [1.29, 1.82) is 0 Å². The zero-order chi connectivity index (χ0) is 11.6. The van der Waals surface area contributed by atoms with E-state index in [4.69, 9.17) is 5.73 Å². The third kappa shape index (κ3) is 4.09. The first-order valence-corrected chi connectivity index (χ1v) is 5.18. The molecule has 0 aliphatic rings. The van der Waals surface area contributed by atoms with Gasteiger partial charge in [0.25, 0.3) is 0 Å². The first-order chi connectivity index (χ1) is 6.10. The molecule has 0 saturated carbocycles. The molecule has 1 atom stereocenters. The highest BCUT2D eigenvalue weighted by Gasteiger charge is 2.30. The first kappa shape index (κ1) is 13.4. The van der Waals surface area contributed by atoms with Crippen LogP contribution in [-0.4, -0.2) is 17.5 Å². The normalized spacial score (nSPS) is 15.1. The summed E-state index contributed by atoms with van der Waals surface area (Å²) >= 11 is 0. The monoisotopic (exact) mass is 200 g/mol. The van der Waals surface area contributed by atoms with E-state index >= 15 is 0 Å². The molecule has 0 radical (unpaired) electrons. The zero-order valence-corrected chi connectivity index (χ0v) is 10.3. The van der Waals surface area contributed by atoms with Crippen LogP contribution in [0.3, 0.4) is 0 Å². The SMILES string of the molecule is CCC(C)(C)NC(=O)C(N)C(C)(C)C. The van der Waals surface area contributed by atoms with Gasteiger partial charge in [-0.2, -0.15) is 0 Å². The number of carbonyl (C=O) groups excluding carboxylic acids is 1. The number of nitrogens with one attached hydrogen (secondary N) is 1. The maximum atomic E-state index is 11.7. The molecule has 3 nitrogen and oxygen atoms in total. The predicted octanol–water partition coefficient (Wildman–Crippen LogP) is 1.66. The van der Waals surface area contributed by atoms with Crippen LogP contribution in [0.1, 0.15) is 48.0 Å². The Bertz CT molecular complexity index is 204. The maximum absolute atomic E-state index is 11.7. The topological polar surface area (TPSA) is 55.1 Å². The fourth-order valence-electron chi connectivity index (χ4n) is 0.893. The Morgan fingerprint density at radius 3 is 2.00 bits per heavy atom. The van der Waals surface area contributed by atoms with Gasteiger partial charge in [-0.3, -0.25) is 4.79 Å². The molecule has 14 heavy (non-hydrogen) atoms. The van der Waals surface area contributed by atoms with Crippen LogP contribution in [-0.2, 0) is 4.79 Å². The number of rotatable bonds is 3. The summed E-state index contributed by atoms with van der Waals surface area (Å²) in [7, 11) is 0. The quantitative estimate of drug-likeness (QED) is 0.728. The lowest BCUT2D eigenvalue weighted by Gasteiger charge is -2.31. The fourth-order valence-corrected chi connectivity index (χ4v) is 0.893. The van der Waals surface area contributed by atoms with Gasteiger partial charge in [-0.15, -0.1) is 0 Å². The molecule has 0 bridgehead atoms. The predicted molar refractivity (Wildman–Crippen MR) is 59.9 cm³/mol. The average molecular weight is 200 g/mol. The van der Waals surface area contributed by atoms with E-state index in [0.717, 1.165) is 6.42 Å². The third-order valence-corrected chi connectivity index (χ3v) is 2.56. The molecule has 0 rings (SSSR count). The van der Waals surface area contributed by atoms with E-state index in [-0.39, 0.29) is 16.9 Å². The van der Waals surface area contributed by atoms with E-state index in [9.17, 15) is 4.79 Å². The number of nitrogens with two attached hydrogens (primary N) is 1. The molecule has 0 aliphatic heterocycles. The molecule has 84 valence electrons. The smallest absolute Gasteiger partial charge is 0.237 e. The summed E-state index contributed by atoms with van der Waals surface area (Å²) in [6.45, 7) is 12.0. The van der Waals surface area contributed by atoms with Crippen LogP contribution in [0.5, 0.6) is 0 Å². The van der Waals surface area contributed by atoms with Gasteiger partial charge in [0.05, 0.1) is 6.04 Å². The van der Waals surface area contributed by atoms with Gasteiger partial charge < -0.3 is 11.1 Å². The molecule has 0 heterocycles. The molecule has 0 fully saturated rings. The summed E-state index contributed by atoms with van der Waals surface area (Å²) in [5.41, 5.74) is 5.49. The van der Waals surface area contributed by atoms with Gasteiger partial charge in [0, 0.05) is 5.54 Å². The van der Waals surface area contributed by atoms with Crippen molar-refractivity contribution in [1.82, 2.24) is 5.32 Å². The van der Waals surface area contributed by atoms with E-state index < -0.39 is 6.04 Å². The van der Waals surface area contributed by atoms with Gasteiger partial charge >= 0.3 is 0 Å². The van der Waals surface area contributed by atoms with Crippen molar-refractivity contribution in [3.05, 3.63) is 0 Å². The van der Waals surface area contributed by atoms with Gasteiger partial charge in [0.2, 0.25) is 5.91 Å². The van der Waals surface area contributed by atoms with E-state index in [0.29, 0.717) is 0 Å². The van der Waals surface area contributed by atoms with Crippen molar-refractivity contribution in [3.8, 4) is 0 Å². The molecule has 3 heteroatoms. The van der Waals surface area contributed by atoms with Gasteiger partial charge in [0.15, 0.2) is 0 Å². The van der Waals surface area contributed by atoms with Crippen molar-refractivity contribution < 1.29 is 4.79 Å². The molecule has 0 spiro atoms. The molecule has 0 aromatic carbocycles. The third-order valence-electron chi connectivity index (χ3n) is 2.56. The van der Waals surface area contributed by atoms with Crippen LogP contribution in [0.15, 0.2) is 0 Å². The number of amides is 1. The van der Waals surface area contributed by atoms with Crippen LogP contribution in [0.4, 0.5) is 0 Å². The minimum atomic E-state index is -0.451. The second-order valence-electron chi connectivity index (χ2n) is 5.57. The van der Waals surface area contributed by atoms with E-state index in [1.165, 1.54) is 0 Å². The zero-order valence-electron chi connectivity index (χ0n) is 10.3. The average Bonchev–Trinajstić information content (AvgIpc) is 2.00. The molecule has 0 aliphatic carbocycles. The summed E-state index contributed by atoms with van der Waals surface area (Å²) in [5, 5.41) is 2.95. The van der Waals surface area contributed by atoms with Crippen molar-refractivity contribution in [2.75, 3.05) is 0 Å². The lowest BCUT2D eigenvalue weighted by Crippen LogP contribution is -2.54. The Kier molecular flexibility index (Phi) is 4.13. The second-order valence-corrected chi connectivity index (χ2v) is 5.57. The summed E-state index contributed by atoms with van der Waals surface area (Å²) in [4.78, 5) is 11.7. The van der Waals surface area contributed by atoms with Crippen molar-refractivity contribution in [2.45, 2.75) is 59.5 Å². The summed E-state index contributed by atoms with van der Waals surface area (Å²) < 4.78 is 0. The molecule has 0 aromatic heterocycles. The largest absolute Gasteiger partial charge is 0.350 e. The Labute approximate surface area is 87.4 Å². The van der Waals surface area contributed by atoms with Gasteiger partial charge in [-0.25, -0.2) is 0 Å². The molecular weight excluding hydrogens is 176 g/mol. The van der Waals surface area contributed by atoms with Crippen LogP contribution < -0.4 is 11.1 Å². The van der Waals surface area contributed by atoms with Gasteiger partial charge in [0.1, 0.15) is 0 Å². The Hall–Kier alpha value is -0.570. The highest BCUT2D eigenvalue weighted by Crippen LogP contribution is 2.18. The van der Waals surface area contributed by atoms with Crippen molar-refractivity contribution in [3.63, 3.8) is 0 Å². The second kappa shape index (κ2) is 4.30. The van der Waals surface area contributed by atoms with Crippen LogP contribution in [0.25, 0.3) is 0 Å². The molecule has 1 amide bonds. The van der Waals surface area contributed by atoms with Crippen LogP contribution >= 0.6 is 0 Å². The molecule has 0 saturated heterocycles. The first-order valence-electron chi connectivity index (χ1n) is 5.18. The standard InChI is InChI=1S/C11H24N2O/c1-7-11(5,6)13-9(14)8(12)10(2,3)4/h8H,7,12H2,1-6H3,(H,13,14). The molecule has 3 N–H and O–H groups in total. The summed E-state index contributed by atoms with van der Waals surface area (Å²) in [6.07, 6.45) is 0.898. The van der Waals surface area contributed by atoms with Gasteiger partial charge in [-0.1, -0.05) is 27.7 Å². The Morgan fingerprint density at radius 2 is 1.71 bits per heavy atom. The van der Waals surface area contributed by atoms with Crippen LogP contribution in [0.2, 0.25) is 0 Å². The number of carbonyl (C=O) groups is 1. The summed E-state index contributed by atoms with van der Waals surface area (Å²) in [5.74, 6) is -0.0654. The Balaban J connectivity index is 4.37. The maximum Gasteiger partial charge on any atom is 0.237 e. The van der Waals surface area contributed by atoms with Crippen LogP contribution in [0, 0.1) is 5.41 Å². The lowest BCUT2D eigenvalue weighted by molar-refractivity contribution is -0.126. The van der Waals surface area contributed by atoms with E-state index in [2.05, 4.69) is 5.32 Å². The Morgan fingerprint density at radius 1 is 1.29 bits per heavy atom. The minimum Gasteiger partial charge on any atom is -0.350 e. The lowest BCUT2D eigenvalue weighted by atomic mass is 9.86. The fraction of sp³-hybridized carbons (Fsp3) is 0.909. The molecular formula is C11H24N2O. The van der Waals surface area contributed by atoms with Crippen molar-refractivity contribution in [2.24, 2.45) is 11.1 Å². The highest BCUT2D eigenvalue weighted by atomic mass is 16.2. The molecule has 1 unspecified atom stereocenters. The minimum absolute atomic E-state index is 0.0654. The highest BCUT2D eigenvalue weighted by molar-refractivity contribution is 5.82. The number of hydrogen-bond acceptors (Lipinski definition) is 2. The van der Waals surface area contributed by atoms with Gasteiger partial charge in [-0.05, 0) is 25.7 Å².